The Balaban J connectivity index is 1.58. The SMILES string of the molecule is Cc1cc(C)c(NC(=O)CSc2nnc(-c3ccncc3)n2-c2ccccc2)c(Cl)c1. The molecule has 4 aromatic rings. The maximum atomic E-state index is 12.6. The van der Waals surface area contributed by atoms with Crippen molar-refractivity contribution in [2.75, 3.05) is 11.1 Å². The summed E-state index contributed by atoms with van der Waals surface area (Å²) in [4.78, 5) is 16.7. The van der Waals surface area contributed by atoms with Crippen LogP contribution < -0.4 is 5.32 Å². The molecule has 6 nitrogen and oxygen atoms in total. The molecule has 0 bridgehead atoms. The molecule has 0 unspecified atom stereocenters. The highest BCUT2D eigenvalue weighted by molar-refractivity contribution is 7.99. The number of carbonyl (C=O) groups is 1. The van der Waals surface area contributed by atoms with Gasteiger partial charge in [0.2, 0.25) is 5.91 Å². The number of benzene rings is 2. The second kappa shape index (κ2) is 9.32. The Morgan fingerprint density at radius 1 is 1.06 bits per heavy atom. The van der Waals surface area contributed by atoms with Crippen LogP contribution in [0.3, 0.4) is 0 Å². The fourth-order valence-electron chi connectivity index (χ4n) is 3.24. The number of amides is 1. The molecule has 4 rings (SSSR count). The molecule has 0 atom stereocenters. The zero-order valence-corrected chi connectivity index (χ0v) is 18.6. The van der Waals surface area contributed by atoms with Gasteiger partial charge in [0, 0.05) is 23.6 Å². The van der Waals surface area contributed by atoms with Gasteiger partial charge >= 0.3 is 0 Å². The molecule has 8 heteroatoms. The van der Waals surface area contributed by atoms with Gasteiger partial charge in [-0.15, -0.1) is 10.2 Å². The van der Waals surface area contributed by atoms with Gasteiger partial charge in [0.15, 0.2) is 11.0 Å². The number of anilines is 1. The Morgan fingerprint density at radius 3 is 2.52 bits per heavy atom. The summed E-state index contributed by atoms with van der Waals surface area (Å²) in [5.41, 5.74) is 4.43. The summed E-state index contributed by atoms with van der Waals surface area (Å²) in [5, 5.41) is 12.8. The fourth-order valence-corrected chi connectivity index (χ4v) is 4.36. The maximum Gasteiger partial charge on any atom is 0.234 e. The van der Waals surface area contributed by atoms with Crippen LogP contribution in [0.4, 0.5) is 5.69 Å². The average molecular weight is 450 g/mol. The summed E-state index contributed by atoms with van der Waals surface area (Å²) in [5.74, 6) is 0.700. The molecular weight excluding hydrogens is 430 g/mol. The van der Waals surface area contributed by atoms with E-state index in [-0.39, 0.29) is 11.7 Å². The number of halogens is 1. The molecule has 0 aliphatic heterocycles. The van der Waals surface area contributed by atoms with Gasteiger partial charge in [-0.2, -0.15) is 0 Å². The summed E-state index contributed by atoms with van der Waals surface area (Å²) >= 11 is 7.64. The van der Waals surface area contributed by atoms with Crippen molar-refractivity contribution in [3.63, 3.8) is 0 Å². The van der Waals surface area contributed by atoms with Crippen molar-refractivity contribution in [3.8, 4) is 17.1 Å². The van der Waals surface area contributed by atoms with Gasteiger partial charge in [-0.1, -0.05) is 47.6 Å². The van der Waals surface area contributed by atoms with Gasteiger partial charge in [-0.3, -0.25) is 14.3 Å². The number of pyridine rings is 1. The predicted molar refractivity (Wildman–Crippen MR) is 125 cm³/mol. The van der Waals surface area contributed by atoms with Crippen LogP contribution in [-0.2, 0) is 4.79 Å². The third-order valence-corrected chi connectivity index (χ3v) is 5.84. The molecular formula is C23H20ClN5OS. The number of aromatic nitrogens is 4. The van der Waals surface area contributed by atoms with Crippen LogP contribution in [0.1, 0.15) is 11.1 Å². The van der Waals surface area contributed by atoms with Crippen molar-refractivity contribution in [2.45, 2.75) is 19.0 Å². The van der Waals surface area contributed by atoms with Crippen LogP contribution in [0.5, 0.6) is 0 Å². The van der Waals surface area contributed by atoms with Crippen molar-refractivity contribution in [2.24, 2.45) is 0 Å². The topological polar surface area (TPSA) is 72.7 Å². The Labute approximate surface area is 189 Å². The number of carbonyl (C=O) groups excluding carboxylic acids is 1. The first-order valence-corrected chi connectivity index (χ1v) is 11.0. The number of nitrogens with one attached hydrogen (secondary N) is 1. The Hall–Kier alpha value is -3.16. The number of hydrogen-bond acceptors (Lipinski definition) is 5. The van der Waals surface area contributed by atoms with E-state index in [2.05, 4.69) is 20.5 Å². The number of rotatable bonds is 6. The third-order valence-electron chi connectivity index (χ3n) is 4.61. The molecule has 2 aromatic carbocycles. The van der Waals surface area contributed by atoms with Crippen LogP contribution in [0, 0.1) is 13.8 Å². The molecule has 0 saturated heterocycles. The minimum atomic E-state index is -0.160. The van der Waals surface area contributed by atoms with E-state index < -0.39 is 0 Å². The molecule has 0 spiro atoms. The van der Waals surface area contributed by atoms with Crippen molar-refractivity contribution >= 4 is 35.0 Å². The smallest absolute Gasteiger partial charge is 0.234 e. The molecule has 2 heterocycles. The first-order chi connectivity index (χ1) is 15.0. The van der Waals surface area contributed by atoms with Gasteiger partial charge in [0.1, 0.15) is 0 Å². The van der Waals surface area contributed by atoms with Crippen LogP contribution in [-0.4, -0.2) is 31.4 Å². The molecule has 1 amide bonds. The van der Waals surface area contributed by atoms with Crippen LogP contribution in [0.25, 0.3) is 17.1 Å². The summed E-state index contributed by atoms with van der Waals surface area (Å²) in [7, 11) is 0. The largest absolute Gasteiger partial charge is 0.324 e. The van der Waals surface area contributed by atoms with Crippen molar-refractivity contribution < 1.29 is 4.79 Å². The minimum Gasteiger partial charge on any atom is -0.324 e. The molecule has 0 fully saturated rings. The third kappa shape index (κ3) is 4.78. The quantitative estimate of drug-likeness (QED) is 0.403. The average Bonchev–Trinajstić information content (AvgIpc) is 3.20. The zero-order valence-electron chi connectivity index (χ0n) is 17.0. The number of aryl methyl sites for hydroxylation is 2. The lowest BCUT2D eigenvalue weighted by Gasteiger charge is -2.12. The van der Waals surface area contributed by atoms with Crippen molar-refractivity contribution in [1.29, 1.82) is 0 Å². The van der Waals surface area contributed by atoms with E-state index in [1.807, 2.05) is 73.0 Å². The second-order valence-electron chi connectivity index (χ2n) is 6.99. The number of thioether (sulfide) groups is 1. The summed E-state index contributed by atoms with van der Waals surface area (Å²) in [6.45, 7) is 3.89. The van der Waals surface area contributed by atoms with E-state index in [9.17, 15) is 4.79 Å². The van der Waals surface area contributed by atoms with E-state index >= 15 is 0 Å². The molecule has 31 heavy (non-hydrogen) atoms. The molecule has 0 radical (unpaired) electrons. The lowest BCUT2D eigenvalue weighted by molar-refractivity contribution is -0.113. The van der Waals surface area contributed by atoms with E-state index in [1.54, 1.807) is 12.4 Å². The highest BCUT2D eigenvalue weighted by Gasteiger charge is 2.18. The molecule has 1 N–H and O–H groups in total. The van der Waals surface area contributed by atoms with Gasteiger partial charge in [0.05, 0.1) is 16.5 Å². The fraction of sp³-hybridized carbons (Fsp3) is 0.130. The van der Waals surface area contributed by atoms with Gasteiger partial charge in [-0.25, -0.2) is 0 Å². The van der Waals surface area contributed by atoms with Crippen LogP contribution >= 0.6 is 23.4 Å². The first-order valence-electron chi connectivity index (χ1n) is 9.63. The van der Waals surface area contributed by atoms with Crippen molar-refractivity contribution in [3.05, 3.63) is 83.1 Å². The number of nitrogens with zero attached hydrogens (tertiary/aromatic N) is 4. The van der Waals surface area contributed by atoms with Crippen LogP contribution in [0.15, 0.2) is 72.1 Å². The number of para-hydroxylation sites is 1. The van der Waals surface area contributed by atoms with Crippen LogP contribution in [0.2, 0.25) is 5.02 Å². The standard InChI is InChI=1S/C23H20ClN5OS/c1-15-12-16(2)21(19(24)13-15)26-20(30)14-31-23-28-27-22(17-8-10-25-11-9-17)29(23)18-6-4-3-5-7-18/h3-13H,14H2,1-2H3,(H,26,30). The summed E-state index contributed by atoms with van der Waals surface area (Å²) in [6, 6.07) is 17.4. The van der Waals surface area contributed by atoms with E-state index in [0.717, 1.165) is 22.4 Å². The van der Waals surface area contributed by atoms with Crippen molar-refractivity contribution in [1.82, 2.24) is 19.7 Å². The summed E-state index contributed by atoms with van der Waals surface area (Å²) in [6.07, 6.45) is 3.43. The molecule has 0 saturated carbocycles. The Morgan fingerprint density at radius 2 is 1.81 bits per heavy atom. The maximum absolute atomic E-state index is 12.6. The molecule has 0 aliphatic rings. The Bertz CT molecular complexity index is 1190. The van der Waals surface area contributed by atoms with E-state index in [4.69, 9.17) is 11.6 Å². The second-order valence-corrected chi connectivity index (χ2v) is 8.34. The molecule has 0 aliphatic carbocycles. The highest BCUT2D eigenvalue weighted by Crippen LogP contribution is 2.29. The number of hydrogen-bond donors (Lipinski definition) is 1. The minimum absolute atomic E-state index is 0.160. The van der Waals surface area contributed by atoms with E-state index in [1.165, 1.54) is 11.8 Å². The predicted octanol–water partition coefficient (Wildman–Crippen LogP) is 5.33. The lowest BCUT2D eigenvalue weighted by Crippen LogP contribution is -2.16. The Kier molecular flexibility index (Phi) is 6.34. The first kappa shape index (κ1) is 21.1. The zero-order chi connectivity index (χ0) is 21.8. The lowest BCUT2D eigenvalue weighted by atomic mass is 10.1. The van der Waals surface area contributed by atoms with Gasteiger partial charge in [0.25, 0.3) is 0 Å². The van der Waals surface area contributed by atoms with E-state index in [0.29, 0.717) is 21.7 Å². The molecule has 2 aromatic heterocycles. The normalized spacial score (nSPS) is 10.8. The molecule has 156 valence electrons. The highest BCUT2D eigenvalue weighted by atomic mass is 35.5. The van der Waals surface area contributed by atoms with Gasteiger partial charge < -0.3 is 5.32 Å². The van der Waals surface area contributed by atoms with Gasteiger partial charge in [-0.05, 0) is 55.3 Å². The summed E-state index contributed by atoms with van der Waals surface area (Å²) < 4.78 is 1.94. The monoisotopic (exact) mass is 449 g/mol.